The number of aliphatic hydroxyl groups excluding tert-OH is 1. The minimum absolute atomic E-state index is 0.0715. The van der Waals surface area contributed by atoms with Gasteiger partial charge < -0.3 is 19.9 Å². The van der Waals surface area contributed by atoms with Crippen molar-refractivity contribution in [2.75, 3.05) is 13.7 Å². The molecular formula is C23H27F2N3O4. The third-order valence-electron chi connectivity index (χ3n) is 5.09. The van der Waals surface area contributed by atoms with Gasteiger partial charge in [0.25, 0.3) is 5.91 Å². The van der Waals surface area contributed by atoms with Gasteiger partial charge in [-0.3, -0.25) is 9.20 Å². The van der Waals surface area contributed by atoms with Crippen molar-refractivity contribution in [2.45, 2.75) is 45.8 Å². The molecule has 0 aliphatic heterocycles. The van der Waals surface area contributed by atoms with Crippen molar-refractivity contribution in [3.63, 3.8) is 0 Å². The number of nitrogens with zero attached hydrogens (tertiary/aromatic N) is 2. The summed E-state index contributed by atoms with van der Waals surface area (Å²) in [6, 6.07) is 4.86. The lowest BCUT2D eigenvalue weighted by Crippen LogP contribution is -2.38. The number of rotatable bonds is 10. The van der Waals surface area contributed by atoms with Crippen molar-refractivity contribution in [3.05, 3.63) is 58.9 Å². The lowest BCUT2D eigenvalue weighted by Gasteiger charge is -2.16. The molecule has 1 aromatic carbocycles. The highest BCUT2D eigenvalue weighted by Gasteiger charge is 2.25. The van der Waals surface area contributed by atoms with Crippen LogP contribution in [0.1, 0.15) is 47.8 Å². The number of halogens is 2. The van der Waals surface area contributed by atoms with Crippen molar-refractivity contribution in [1.29, 1.82) is 0 Å². The molecule has 7 nitrogen and oxygen atoms in total. The molecule has 1 atom stereocenters. The van der Waals surface area contributed by atoms with E-state index in [0.717, 1.165) is 30.5 Å². The van der Waals surface area contributed by atoms with Crippen LogP contribution >= 0.6 is 0 Å². The maximum absolute atomic E-state index is 14.0. The molecule has 0 saturated carbocycles. The zero-order valence-corrected chi connectivity index (χ0v) is 18.3. The van der Waals surface area contributed by atoms with Gasteiger partial charge in [-0.2, -0.15) is 4.98 Å². The summed E-state index contributed by atoms with van der Waals surface area (Å²) in [5.74, 6) is -1.56. The molecule has 2 N–H and O–H groups in total. The van der Waals surface area contributed by atoms with Gasteiger partial charge >= 0.3 is 0 Å². The number of methoxy groups -OCH3 is 1. The molecule has 1 amide bonds. The monoisotopic (exact) mass is 447 g/mol. The molecule has 0 aliphatic carbocycles. The first-order valence-corrected chi connectivity index (χ1v) is 10.4. The Labute approximate surface area is 185 Å². The molecule has 172 valence electrons. The molecule has 9 heteroatoms. The summed E-state index contributed by atoms with van der Waals surface area (Å²) in [5.41, 5.74) is 0.942. The van der Waals surface area contributed by atoms with Gasteiger partial charge in [0, 0.05) is 6.20 Å². The molecular weight excluding hydrogens is 420 g/mol. The third-order valence-corrected chi connectivity index (χ3v) is 5.09. The summed E-state index contributed by atoms with van der Waals surface area (Å²) in [4.78, 5) is 17.4. The second kappa shape index (κ2) is 10.4. The SMILES string of the molecule is CCCCC(CO)NC(=O)c1c(OC)nc2c(OCc3c(F)cccc3F)cc(C)cn12. The molecule has 0 radical (unpaired) electrons. The Morgan fingerprint density at radius 3 is 2.66 bits per heavy atom. The van der Waals surface area contributed by atoms with Crippen molar-refractivity contribution in [2.24, 2.45) is 0 Å². The normalized spacial score (nSPS) is 12.1. The van der Waals surface area contributed by atoms with E-state index in [0.29, 0.717) is 6.42 Å². The number of nitrogens with one attached hydrogen (secondary N) is 1. The van der Waals surface area contributed by atoms with Crippen molar-refractivity contribution in [3.8, 4) is 11.6 Å². The first kappa shape index (κ1) is 23.5. The number of aromatic nitrogens is 2. The Balaban J connectivity index is 1.96. The van der Waals surface area contributed by atoms with Crippen LogP contribution in [0.2, 0.25) is 0 Å². The summed E-state index contributed by atoms with van der Waals surface area (Å²) in [6.07, 6.45) is 4.13. The smallest absolute Gasteiger partial charge is 0.274 e. The first-order valence-electron chi connectivity index (χ1n) is 10.4. The zero-order chi connectivity index (χ0) is 23.3. The average molecular weight is 447 g/mol. The molecule has 0 spiro atoms. The zero-order valence-electron chi connectivity index (χ0n) is 18.3. The predicted octanol–water partition coefficient (Wildman–Crippen LogP) is 3.79. The van der Waals surface area contributed by atoms with Gasteiger partial charge in [0.2, 0.25) is 5.88 Å². The summed E-state index contributed by atoms with van der Waals surface area (Å²) < 4.78 is 40.5. The molecule has 0 fully saturated rings. The summed E-state index contributed by atoms with van der Waals surface area (Å²) in [5, 5.41) is 12.4. The molecule has 0 aliphatic rings. The average Bonchev–Trinajstić information content (AvgIpc) is 3.14. The summed E-state index contributed by atoms with van der Waals surface area (Å²) >= 11 is 0. The number of hydrogen-bond donors (Lipinski definition) is 2. The fourth-order valence-electron chi connectivity index (χ4n) is 3.41. The third kappa shape index (κ3) is 4.99. The Kier molecular flexibility index (Phi) is 7.63. The van der Waals surface area contributed by atoms with Crippen LogP contribution in [-0.2, 0) is 6.61 Å². The maximum Gasteiger partial charge on any atom is 0.274 e. The summed E-state index contributed by atoms with van der Waals surface area (Å²) in [6.45, 7) is 3.29. The van der Waals surface area contributed by atoms with Gasteiger partial charge in [0.15, 0.2) is 17.1 Å². The molecule has 3 rings (SSSR count). The fraction of sp³-hybridized carbons (Fsp3) is 0.391. The standard InChI is InChI=1S/C23H27F2N3O4/c1-4-5-7-15(12-29)26-22(30)20-23(31-3)27-21-19(10-14(2)11-28(20)21)32-13-16-17(24)8-6-9-18(16)25/h6,8-11,15,29H,4-5,7,12-13H2,1-3H3,(H,26,30). The topological polar surface area (TPSA) is 85.1 Å². The van der Waals surface area contributed by atoms with Crippen LogP contribution < -0.4 is 14.8 Å². The Morgan fingerprint density at radius 2 is 2.03 bits per heavy atom. The number of carbonyl (C=O) groups is 1. The van der Waals surface area contributed by atoms with Gasteiger partial charge in [-0.1, -0.05) is 25.8 Å². The Bertz CT molecular complexity index is 1080. The second-order valence-electron chi connectivity index (χ2n) is 7.53. The van der Waals surface area contributed by atoms with E-state index in [9.17, 15) is 18.7 Å². The molecule has 0 bridgehead atoms. The van der Waals surface area contributed by atoms with E-state index in [-0.39, 0.29) is 41.7 Å². The largest absolute Gasteiger partial charge is 0.485 e. The maximum atomic E-state index is 14.0. The number of pyridine rings is 1. The molecule has 3 aromatic rings. The number of amides is 1. The van der Waals surface area contributed by atoms with Gasteiger partial charge in [0.05, 0.1) is 25.3 Å². The van der Waals surface area contributed by atoms with Gasteiger partial charge in [-0.05, 0) is 37.1 Å². The molecule has 2 aromatic heterocycles. The van der Waals surface area contributed by atoms with Crippen LogP contribution in [0.4, 0.5) is 8.78 Å². The summed E-state index contributed by atoms with van der Waals surface area (Å²) in [7, 11) is 1.39. The van der Waals surface area contributed by atoms with Crippen LogP contribution in [0, 0.1) is 18.6 Å². The highest BCUT2D eigenvalue weighted by molar-refractivity contribution is 5.96. The van der Waals surface area contributed by atoms with Crippen molar-refractivity contribution >= 4 is 11.6 Å². The molecule has 2 heterocycles. The number of aryl methyl sites for hydroxylation is 1. The van der Waals surface area contributed by atoms with Crippen LogP contribution in [0.3, 0.4) is 0 Å². The van der Waals surface area contributed by atoms with Crippen LogP contribution in [0.5, 0.6) is 11.6 Å². The van der Waals surface area contributed by atoms with Crippen molar-refractivity contribution < 1.29 is 28.2 Å². The Hall–Kier alpha value is -3.20. The quantitative estimate of drug-likeness (QED) is 0.494. The van der Waals surface area contributed by atoms with Gasteiger partial charge in [-0.15, -0.1) is 0 Å². The predicted molar refractivity (Wildman–Crippen MR) is 115 cm³/mol. The number of hydrogen-bond acceptors (Lipinski definition) is 5. The van der Waals surface area contributed by atoms with Crippen LogP contribution in [0.25, 0.3) is 5.65 Å². The number of ether oxygens (including phenoxy) is 2. The fourth-order valence-corrected chi connectivity index (χ4v) is 3.41. The van der Waals surface area contributed by atoms with E-state index in [1.54, 1.807) is 19.2 Å². The number of benzene rings is 1. The molecule has 1 unspecified atom stereocenters. The van der Waals surface area contributed by atoms with Gasteiger partial charge in [0.1, 0.15) is 18.2 Å². The number of unbranched alkanes of at least 4 members (excludes halogenated alkanes) is 1. The minimum atomic E-state index is -0.711. The number of imidazole rings is 1. The first-order chi connectivity index (χ1) is 15.4. The molecule has 0 saturated heterocycles. The van der Waals surface area contributed by atoms with Crippen molar-refractivity contribution in [1.82, 2.24) is 14.7 Å². The van der Waals surface area contributed by atoms with Crippen LogP contribution in [-0.4, -0.2) is 40.2 Å². The second-order valence-corrected chi connectivity index (χ2v) is 7.53. The molecule has 32 heavy (non-hydrogen) atoms. The highest BCUT2D eigenvalue weighted by atomic mass is 19.1. The van der Waals surface area contributed by atoms with Crippen LogP contribution in [0.15, 0.2) is 30.5 Å². The minimum Gasteiger partial charge on any atom is -0.485 e. The number of fused-ring (bicyclic) bond motifs is 1. The van der Waals surface area contributed by atoms with E-state index < -0.39 is 23.6 Å². The van der Waals surface area contributed by atoms with E-state index in [2.05, 4.69) is 10.3 Å². The van der Waals surface area contributed by atoms with Gasteiger partial charge in [-0.25, -0.2) is 8.78 Å². The number of carbonyl (C=O) groups excluding carboxylic acids is 1. The van der Waals surface area contributed by atoms with E-state index >= 15 is 0 Å². The van der Waals surface area contributed by atoms with E-state index in [1.807, 2.05) is 6.92 Å². The van der Waals surface area contributed by atoms with E-state index in [1.165, 1.54) is 17.6 Å². The number of aliphatic hydroxyl groups is 1. The van der Waals surface area contributed by atoms with E-state index in [4.69, 9.17) is 9.47 Å². The lowest BCUT2D eigenvalue weighted by atomic mass is 10.1. The Morgan fingerprint density at radius 1 is 1.31 bits per heavy atom. The lowest BCUT2D eigenvalue weighted by molar-refractivity contribution is 0.0903. The highest BCUT2D eigenvalue weighted by Crippen LogP contribution is 2.29.